The molecule has 0 aliphatic rings. The number of ether oxygens (including phenoxy) is 1. The Balaban J connectivity index is 3.97. The van der Waals surface area contributed by atoms with E-state index in [1.165, 1.54) is 0 Å². The number of aliphatic hydroxyl groups excluding tert-OH is 1. The van der Waals surface area contributed by atoms with Crippen LogP contribution in [0.2, 0.25) is 0 Å². The summed E-state index contributed by atoms with van der Waals surface area (Å²) in [6.07, 6.45) is -1.05. The molecule has 0 heterocycles. The van der Waals surface area contributed by atoms with Crippen molar-refractivity contribution in [1.82, 2.24) is 0 Å². The van der Waals surface area contributed by atoms with Crippen molar-refractivity contribution < 1.29 is 24.3 Å². The molecule has 0 amide bonds. The highest BCUT2D eigenvalue weighted by atomic mass is 31.1. The Labute approximate surface area is 64.5 Å². The zero-order valence-electron chi connectivity index (χ0n) is 5.64. The topological polar surface area (TPSA) is 83.8 Å². The highest BCUT2D eigenvalue weighted by Gasteiger charge is 2.17. The van der Waals surface area contributed by atoms with Crippen LogP contribution >= 0.6 is 8.46 Å². The standard InChI is InChI=1S/C5H9O5P/c1-2-3(6)10-5(11-9)4(7)8/h2,4-5,7-8H,1,11H2. The van der Waals surface area contributed by atoms with Gasteiger partial charge in [-0.05, 0) is 0 Å². The number of aliphatic hydroxyl groups is 2. The van der Waals surface area contributed by atoms with Gasteiger partial charge in [0.2, 0.25) is 0 Å². The van der Waals surface area contributed by atoms with Crippen molar-refractivity contribution >= 4 is 14.4 Å². The predicted octanol–water partition coefficient (Wildman–Crippen LogP) is -0.891. The number of carbonyl (C=O) groups is 1. The summed E-state index contributed by atoms with van der Waals surface area (Å²) in [6.45, 7) is 3.08. The van der Waals surface area contributed by atoms with Crippen LogP contribution in [0, 0.1) is 0 Å². The van der Waals surface area contributed by atoms with Crippen molar-refractivity contribution in [3.8, 4) is 0 Å². The summed E-state index contributed by atoms with van der Waals surface area (Å²) in [7, 11) is -1.56. The molecule has 0 bridgehead atoms. The van der Waals surface area contributed by atoms with Crippen molar-refractivity contribution in [1.29, 1.82) is 0 Å². The van der Waals surface area contributed by atoms with Crippen molar-refractivity contribution in [3.63, 3.8) is 0 Å². The summed E-state index contributed by atoms with van der Waals surface area (Å²) in [4.78, 5) is 10.4. The Morgan fingerprint density at radius 1 is 1.64 bits per heavy atom. The molecule has 0 saturated carbocycles. The summed E-state index contributed by atoms with van der Waals surface area (Å²) in [5.74, 6) is -2.16. The fourth-order valence-electron chi connectivity index (χ4n) is 0.341. The van der Waals surface area contributed by atoms with Crippen LogP contribution in [0.3, 0.4) is 0 Å². The van der Waals surface area contributed by atoms with E-state index in [1.807, 2.05) is 0 Å². The minimum absolute atomic E-state index is 0.827. The Morgan fingerprint density at radius 2 is 2.18 bits per heavy atom. The minimum atomic E-state index is -1.90. The van der Waals surface area contributed by atoms with Crippen molar-refractivity contribution in [2.75, 3.05) is 0 Å². The van der Waals surface area contributed by atoms with Gasteiger partial charge in [0.25, 0.3) is 0 Å². The first-order valence-corrected chi connectivity index (χ1v) is 3.90. The molecule has 64 valence electrons. The molecule has 0 aromatic rings. The first-order chi connectivity index (χ1) is 5.11. The molecule has 0 fully saturated rings. The molecule has 0 aromatic heterocycles. The molecule has 0 rings (SSSR count). The average Bonchev–Trinajstić information content (AvgIpc) is 1.99. The van der Waals surface area contributed by atoms with Gasteiger partial charge in [-0.3, -0.25) is 0 Å². The molecule has 2 N–H and O–H groups in total. The van der Waals surface area contributed by atoms with Gasteiger partial charge in [0.05, 0.1) is 0 Å². The smallest absolute Gasteiger partial charge is 0.331 e. The first kappa shape index (κ1) is 10.4. The molecule has 5 nitrogen and oxygen atoms in total. The zero-order chi connectivity index (χ0) is 8.85. The highest BCUT2D eigenvalue weighted by Crippen LogP contribution is 2.11. The van der Waals surface area contributed by atoms with E-state index in [0.29, 0.717) is 0 Å². The van der Waals surface area contributed by atoms with Gasteiger partial charge in [-0.15, -0.1) is 0 Å². The molecule has 0 aliphatic heterocycles. The fourth-order valence-corrected chi connectivity index (χ4v) is 0.671. The monoisotopic (exact) mass is 180 g/mol. The largest absolute Gasteiger partial charge is 0.446 e. The molecule has 6 heteroatoms. The minimum Gasteiger partial charge on any atom is -0.446 e. The molecule has 11 heavy (non-hydrogen) atoms. The second-order valence-electron chi connectivity index (χ2n) is 1.66. The van der Waals surface area contributed by atoms with Gasteiger partial charge < -0.3 is 19.5 Å². The summed E-state index contributed by atoms with van der Waals surface area (Å²) in [6, 6.07) is 0. The Hall–Kier alpha value is -0.640. The molecule has 0 spiro atoms. The summed E-state index contributed by atoms with van der Waals surface area (Å²) < 4.78 is 14.5. The lowest BCUT2D eigenvalue weighted by atomic mass is 10.6. The van der Waals surface area contributed by atoms with E-state index < -0.39 is 26.6 Å². The van der Waals surface area contributed by atoms with Crippen LogP contribution in [0.15, 0.2) is 12.7 Å². The Bertz CT molecular complexity index is 166. The third-order valence-electron chi connectivity index (χ3n) is 0.847. The molecule has 0 saturated heterocycles. The van der Waals surface area contributed by atoms with Gasteiger partial charge >= 0.3 is 5.97 Å². The van der Waals surface area contributed by atoms with Crippen LogP contribution in [0.5, 0.6) is 0 Å². The van der Waals surface area contributed by atoms with Gasteiger partial charge in [0.15, 0.2) is 12.1 Å². The zero-order valence-corrected chi connectivity index (χ0v) is 6.79. The number of carbonyl (C=O) groups excluding carboxylic acids is 1. The second-order valence-corrected chi connectivity index (χ2v) is 2.58. The van der Waals surface area contributed by atoms with Crippen LogP contribution in [0.1, 0.15) is 0 Å². The van der Waals surface area contributed by atoms with E-state index in [9.17, 15) is 9.36 Å². The lowest BCUT2D eigenvalue weighted by Gasteiger charge is -2.11. The summed E-state index contributed by atoms with van der Waals surface area (Å²) in [5, 5.41) is 16.8. The van der Waals surface area contributed by atoms with E-state index in [0.717, 1.165) is 6.08 Å². The van der Waals surface area contributed by atoms with Gasteiger partial charge in [-0.1, -0.05) is 6.58 Å². The quantitative estimate of drug-likeness (QED) is 0.254. The second kappa shape index (κ2) is 5.07. The first-order valence-electron chi connectivity index (χ1n) is 2.76. The lowest BCUT2D eigenvalue weighted by Crippen LogP contribution is -2.25. The number of esters is 1. The Kier molecular flexibility index (Phi) is 4.77. The SMILES string of the molecule is C=CC(=O)OC([PH2]=O)C(O)O. The van der Waals surface area contributed by atoms with Crippen molar-refractivity contribution in [2.45, 2.75) is 12.1 Å². The Morgan fingerprint density at radius 3 is 2.45 bits per heavy atom. The molecular formula is C5H9O5P. The van der Waals surface area contributed by atoms with Gasteiger partial charge in [0, 0.05) is 6.08 Å². The predicted molar refractivity (Wildman–Crippen MR) is 38.7 cm³/mol. The van der Waals surface area contributed by atoms with Gasteiger partial charge in [0.1, 0.15) is 8.46 Å². The fraction of sp³-hybridized carbons (Fsp3) is 0.400. The lowest BCUT2D eigenvalue weighted by molar-refractivity contribution is -0.156. The van der Waals surface area contributed by atoms with Crippen LogP contribution in [-0.4, -0.2) is 28.3 Å². The maximum Gasteiger partial charge on any atom is 0.331 e. The van der Waals surface area contributed by atoms with Crippen LogP contribution in [-0.2, 0) is 14.1 Å². The van der Waals surface area contributed by atoms with E-state index in [2.05, 4.69) is 11.3 Å². The summed E-state index contributed by atoms with van der Waals surface area (Å²) >= 11 is 0. The van der Waals surface area contributed by atoms with Gasteiger partial charge in [-0.25, -0.2) is 4.79 Å². The van der Waals surface area contributed by atoms with Gasteiger partial charge in [-0.2, -0.15) is 0 Å². The molecular weight excluding hydrogens is 171 g/mol. The average molecular weight is 180 g/mol. The normalized spacial score (nSPS) is 13.7. The molecule has 0 aromatic carbocycles. The summed E-state index contributed by atoms with van der Waals surface area (Å²) in [5.41, 5.74) is 0. The van der Waals surface area contributed by atoms with Crippen LogP contribution in [0.4, 0.5) is 0 Å². The maximum atomic E-state index is 10.4. The van der Waals surface area contributed by atoms with Crippen LogP contribution in [0.25, 0.3) is 0 Å². The van der Waals surface area contributed by atoms with E-state index in [1.54, 1.807) is 0 Å². The van der Waals surface area contributed by atoms with E-state index in [-0.39, 0.29) is 0 Å². The van der Waals surface area contributed by atoms with Crippen molar-refractivity contribution in [3.05, 3.63) is 12.7 Å². The van der Waals surface area contributed by atoms with E-state index in [4.69, 9.17) is 10.2 Å². The molecule has 2 atom stereocenters. The molecule has 2 unspecified atom stereocenters. The maximum absolute atomic E-state index is 10.4. The highest BCUT2D eigenvalue weighted by molar-refractivity contribution is 7.24. The van der Waals surface area contributed by atoms with Crippen molar-refractivity contribution in [2.24, 2.45) is 0 Å². The molecule has 0 aliphatic carbocycles. The van der Waals surface area contributed by atoms with E-state index >= 15 is 0 Å². The third-order valence-corrected chi connectivity index (χ3v) is 1.60. The molecule has 0 radical (unpaired) electrons. The third kappa shape index (κ3) is 3.93. The number of hydrogen-bond acceptors (Lipinski definition) is 5. The number of hydrogen-bond donors (Lipinski definition) is 2. The number of rotatable bonds is 4. The van der Waals surface area contributed by atoms with Crippen LogP contribution < -0.4 is 0 Å².